The molecule has 0 aliphatic heterocycles. The maximum atomic E-state index is 4.48. The second kappa shape index (κ2) is 6.71. The lowest BCUT2D eigenvalue weighted by Crippen LogP contribution is -2.01. The van der Waals surface area contributed by atoms with E-state index >= 15 is 0 Å². The summed E-state index contributed by atoms with van der Waals surface area (Å²) in [7, 11) is 0. The van der Waals surface area contributed by atoms with E-state index in [-0.39, 0.29) is 0 Å². The summed E-state index contributed by atoms with van der Waals surface area (Å²) in [6, 6.07) is 25.0. The van der Waals surface area contributed by atoms with Crippen molar-refractivity contribution in [3.63, 3.8) is 0 Å². The maximum Gasteiger partial charge on any atom is 0.126 e. The van der Waals surface area contributed by atoms with E-state index in [0.29, 0.717) is 0 Å². The van der Waals surface area contributed by atoms with Crippen LogP contribution in [0.5, 0.6) is 0 Å². The maximum absolute atomic E-state index is 4.48. The Balaban J connectivity index is 1.59. The fraction of sp³-hybridized carbons (Fsp3) is 0.105. The normalized spacial score (nSPS) is 10.3. The Kier molecular flexibility index (Phi) is 4.27. The van der Waals surface area contributed by atoms with Gasteiger partial charge in [-0.05, 0) is 29.2 Å². The molecule has 0 spiro atoms. The van der Waals surface area contributed by atoms with Gasteiger partial charge in [0.2, 0.25) is 0 Å². The van der Waals surface area contributed by atoms with E-state index in [2.05, 4.69) is 52.8 Å². The van der Waals surface area contributed by atoms with Crippen molar-refractivity contribution in [1.29, 1.82) is 0 Å². The third-order valence-corrected chi connectivity index (χ3v) is 3.39. The molecule has 0 unspecified atom stereocenters. The van der Waals surface area contributed by atoms with Crippen LogP contribution in [0.25, 0.3) is 0 Å². The average molecular weight is 274 g/mol. The van der Waals surface area contributed by atoms with E-state index in [0.717, 1.165) is 18.8 Å². The SMILES string of the molecule is c1ccc(CNc2ccc(Cc3ccccc3)cn2)cc1. The first-order valence-corrected chi connectivity index (χ1v) is 7.17. The number of pyridine rings is 1. The van der Waals surface area contributed by atoms with Gasteiger partial charge in [0, 0.05) is 12.7 Å². The quantitative estimate of drug-likeness (QED) is 0.751. The Morgan fingerprint density at radius 1 is 0.667 bits per heavy atom. The van der Waals surface area contributed by atoms with Gasteiger partial charge in [0.25, 0.3) is 0 Å². The molecule has 1 N–H and O–H groups in total. The van der Waals surface area contributed by atoms with Crippen molar-refractivity contribution in [1.82, 2.24) is 4.98 Å². The summed E-state index contributed by atoms with van der Waals surface area (Å²) in [5.74, 6) is 0.913. The molecule has 3 rings (SSSR count). The molecule has 1 aromatic heterocycles. The van der Waals surface area contributed by atoms with Crippen molar-refractivity contribution in [2.24, 2.45) is 0 Å². The summed E-state index contributed by atoms with van der Waals surface area (Å²) in [4.78, 5) is 4.48. The largest absolute Gasteiger partial charge is 0.366 e. The van der Waals surface area contributed by atoms with Crippen LogP contribution in [0, 0.1) is 0 Å². The van der Waals surface area contributed by atoms with Crippen LogP contribution in [-0.4, -0.2) is 4.98 Å². The van der Waals surface area contributed by atoms with Crippen LogP contribution >= 0.6 is 0 Å². The molecule has 0 aliphatic rings. The molecular formula is C19H18N2. The van der Waals surface area contributed by atoms with Crippen LogP contribution in [0.4, 0.5) is 5.82 Å². The smallest absolute Gasteiger partial charge is 0.126 e. The highest BCUT2D eigenvalue weighted by Gasteiger charge is 1.98. The molecule has 0 bridgehead atoms. The number of nitrogens with zero attached hydrogens (tertiary/aromatic N) is 1. The van der Waals surface area contributed by atoms with Gasteiger partial charge in [0.15, 0.2) is 0 Å². The number of rotatable bonds is 5. The minimum absolute atomic E-state index is 0.797. The van der Waals surface area contributed by atoms with Gasteiger partial charge in [-0.15, -0.1) is 0 Å². The molecule has 3 aromatic rings. The summed E-state index contributed by atoms with van der Waals surface area (Å²) >= 11 is 0. The predicted molar refractivity (Wildman–Crippen MR) is 87.3 cm³/mol. The fourth-order valence-corrected chi connectivity index (χ4v) is 2.25. The van der Waals surface area contributed by atoms with Gasteiger partial charge < -0.3 is 5.32 Å². The Bertz CT molecular complexity index is 661. The molecule has 2 nitrogen and oxygen atoms in total. The molecule has 0 fully saturated rings. The summed E-state index contributed by atoms with van der Waals surface area (Å²) in [5.41, 5.74) is 3.79. The lowest BCUT2D eigenvalue weighted by atomic mass is 10.1. The number of benzene rings is 2. The molecule has 0 saturated carbocycles. The zero-order valence-electron chi connectivity index (χ0n) is 11.9. The van der Waals surface area contributed by atoms with Gasteiger partial charge in [-0.3, -0.25) is 0 Å². The van der Waals surface area contributed by atoms with Crippen molar-refractivity contribution in [3.8, 4) is 0 Å². The summed E-state index contributed by atoms with van der Waals surface area (Å²) < 4.78 is 0. The van der Waals surface area contributed by atoms with Crippen molar-refractivity contribution >= 4 is 5.82 Å². The third-order valence-electron chi connectivity index (χ3n) is 3.39. The molecular weight excluding hydrogens is 256 g/mol. The van der Waals surface area contributed by atoms with E-state index < -0.39 is 0 Å². The summed E-state index contributed by atoms with van der Waals surface area (Å²) in [6.45, 7) is 0.797. The Labute approximate surface area is 125 Å². The highest BCUT2D eigenvalue weighted by Crippen LogP contribution is 2.11. The fourth-order valence-electron chi connectivity index (χ4n) is 2.25. The first-order valence-electron chi connectivity index (χ1n) is 7.17. The minimum atomic E-state index is 0.797. The first-order chi connectivity index (χ1) is 10.4. The number of aromatic nitrogens is 1. The van der Waals surface area contributed by atoms with Crippen molar-refractivity contribution < 1.29 is 0 Å². The van der Waals surface area contributed by atoms with E-state index in [4.69, 9.17) is 0 Å². The Morgan fingerprint density at radius 2 is 1.33 bits per heavy atom. The van der Waals surface area contributed by atoms with Gasteiger partial charge in [-0.25, -0.2) is 4.98 Å². The molecule has 0 radical (unpaired) electrons. The third kappa shape index (κ3) is 3.93. The molecule has 0 saturated heterocycles. The van der Waals surface area contributed by atoms with Crippen LogP contribution in [0.2, 0.25) is 0 Å². The highest BCUT2D eigenvalue weighted by atomic mass is 15.0. The van der Waals surface area contributed by atoms with Gasteiger partial charge >= 0.3 is 0 Å². The lowest BCUT2D eigenvalue weighted by molar-refractivity contribution is 1.09. The molecule has 104 valence electrons. The topological polar surface area (TPSA) is 24.9 Å². The monoisotopic (exact) mass is 274 g/mol. The van der Waals surface area contributed by atoms with Crippen molar-refractivity contribution in [2.45, 2.75) is 13.0 Å². The van der Waals surface area contributed by atoms with Crippen LogP contribution in [-0.2, 0) is 13.0 Å². The first kappa shape index (κ1) is 13.4. The number of nitrogens with one attached hydrogen (secondary N) is 1. The zero-order chi connectivity index (χ0) is 14.3. The van der Waals surface area contributed by atoms with Crippen LogP contribution in [0.15, 0.2) is 79.0 Å². The molecule has 1 heterocycles. The molecule has 0 atom stereocenters. The van der Waals surface area contributed by atoms with Crippen molar-refractivity contribution in [2.75, 3.05) is 5.32 Å². The minimum Gasteiger partial charge on any atom is -0.366 e. The van der Waals surface area contributed by atoms with Gasteiger partial charge in [-0.1, -0.05) is 66.7 Å². The average Bonchev–Trinajstić information content (AvgIpc) is 2.56. The van der Waals surface area contributed by atoms with Crippen LogP contribution < -0.4 is 5.32 Å². The van der Waals surface area contributed by atoms with Crippen LogP contribution in [0.1, 0.15) is 16.7 Å². The second-order valence-electron chi connectivity index (χ2n) is 5.05. The molecule has 21 heavy (non-hydrogen) atoms. The molecule has 2 heteroatoms. The number of anilines is 1. The summed E-state index contributed by atoms with van der Waals surface area (Å²) in [5, 5.41) is 3.34. The standard InChI is InChI=1S/C19H18N2/c1-3-7-16(8-4-1)13-18-11-12-19(21-15-18)20-14-17-9-5-2-6-10-17/h1-12,15H,13-14H2,(H,20,21). The lowest BCUT2D eigenvalue weighted by Gasteiger charge is -2.07. The van der Waals surface area contributed by atoms with E-state index in [1.54, 1.807) is 0 Å². The van der Waals surface area contributed by atoms with Gasteiger partial charge in [-0.2, -0.15) is 0 Å². The molecule has 0 aliphatic carbocycles. The predicted octanol–water partition coefficient (Wildman–Crippen LogP) is 4.28. The number of hydrogen-bond acceptors (Lipinski definition) is 2. The Hall–Kier alpha value is -2.61. The second-order valence-corrected chi connectivity index (χ2v) is 5.05. The van der Waals surface area contributed by atoms with Gasteiger partial charge in [0.1, 0.15) is 5.82 Å². The van der Waals surface area contributed by atoms with E-state index in [1.807, 2.05) is 36.5 Å². The van der Waals surface area contributed by atoms with Crippen molar-refractivity contribution in [3.05, 3.63) is 95.7 Å². The van der Waals surface area contributed by atoms with E-state index in [9.17, 15) is 0 Å². The van der Waals surface area contributed by atoms with Crippen LogP contribution in [0.3, 0.4) is 0 Å². The zero-order valence-corrected chi connectivity index (χ0v) is 11.9. The van der Waals surface area contributed by atoms with Gasteiger partial charge in [0.05, 0.1) is 0 Å². The Morgan fingerprint density at radius 3 is 1.95 bits per heavy atom. The highest BCUT2D eigenvalue weighted by molar-refractivity contribution is 5.37. The van der Waals surface area contributed by atoms with E-state index in [1.165, 1.54) is 16.7 Å². The number of hydrogen-bond donors (Lipinski definition) is 1. The molecule has 2 aromatic carbocycles. The summed E-state index contributed by atoms with van der Waals surface area (Å²) in [6.07, 6.45) is 2.87. The molecule has 0 amide bonds.